The molecule has 0 radical (unpaired) electrons. The SMILES string of the molecule is CN1CCN(CCOc2ccc(CC#N)cc2)C(=O)C1=O. The summed E-state index contributed by atoms with van der Waals surface area (Å²) in [6, 6.07) is 9.34. The van der Waals surface area contributed by atoms with Gasteiger partial charge in [-0.05, 0) is 17.7 Å². The molecule has 6 heteroatoms. The molecule has 2 amide bonds. The molecule has 110 valence electrons. The van der Waals surface area contributed by atoms with E-state index in [-0.39, 0.29) is 0 Å². The summed E-state index contributed by atoms with van der Waals surface area (Å²) in [6.07, 6.45) is 0.373. The highest BCUT2D eigenvalue weighted by atomic mass is 16.5. The Bertz CT molecular complexity index is 563. The number of rotatable bonds is 5. The van der Waals surface area contributed by atoms with Gasteiger partial charge in [-0.1, -0.05) is 12.1 Å². The maximum absolute atomic E-state index is 11.7. The molecule has 1 fully saturated rings. The summed E-state index contributed by atoms with van der Waals surface area (Å²) in [5, 5.41) is 8.59. The summed E-state index contributed by atoms with van der Waals surface area (Å²) in [5.41, 5.74) is 0.935. The minimum atomic E-state index is -0.475. The zero-order chi connectivity index (χ0) is 15.2. The Morgan fingerprint density at radius 2 is 1.90 bits per heavy atom. The predicted octanol–water partition coefficient (Wildman–Crippen LogP) is 0.432. The average Bonchev–Trinajstić information content (AvgIpc) is 2.49. The Morgan fingerprint density at radius 3 is 2.57 bits per heavy atom. The number of hydrogen-bond acceptors (Lipinski definition) is 4. The van der Waals surface area contributed by atoms with Crippen molar-refractivity contribution in [1.82, 2.24) is 9.80 Å². The van der Waals surface area contributed by atoms with Crippen molar-refractivity contribution in [2.24, 2.45) is 0 Å². The molecule has 0 atom stereocenters. The molecule has 1 aromatic rings. The van der Waals surface area contributed by atoms with Crippen molar-refractivity contribution in [3.05, 3.63) is 29.8 Å². The number of hydrogen-bond donors (Lipinski definition) is 0. The number of ether oxygens (including phenoxy) is 1. The lowest BCUT2D eigenvalue weighted by atomic mass is 10.2. The van der Waals surface area contributed by atoms with E-state index in [9.17, 15) is 9.59 Å². The third-order valence-corrected chi connectivity index (χ3v) is 3.36. The molecule has 0 saturated carbocycles. The number of piperazine rings is 1. The van der Waals surface area contributed by atoms with Gasteiger partial charge in [0.1, 0.15) is 12.4 Å². The van der Waals surface area contributed by atoms with E-state index in [2.05, 4.69) is 6.07 Å². The lowest BCUT2D eigenvalue weighted by Crippen LogP contribution is -2.53. The Kier molecular flexibility index (Phi) is 4.77. The zero-order valence-corrected chi connectivity index (χ0v) is 11.9. The molecule has 0 aliphatic carbocycles. The van der Waals surface area contributed by atoms with Gasteiger partial charge in [0.15, 0.2) is 0 Å². The van der Waals surface area contributed by atoms with E-state index < -0.39 is 11.8 Å². The summed E-state index contributed by atoms with van der Waals surface area (Å²) in [6.45, 7) is 1.80. The molecule has 0 aromatic heterocycles. The van der Waals surface area contributed by atoms with Gasteiger partial charge in [-0.25, -0.2) is 0 Å². The molecule has 0 bridgehead atoms. The van der Waals surface area contributed by atoms with Crippen LogP contribution in [0.4, 0.5) is 0 Å². The van der Waals surface area contributed by atoms with E-state index >= 15 is 0 Å². The minimum Gasteiger partial charge on any atom is -0.492 e. The van der Waals surface area contributed by atoms with Gasteiger partial charge in [-0.15, -0.1) is 0 Å². The highest BCUT2D eigenvalue weighted by Gasteiger charge is 2.29. The molecule has 0 N–H and O–H groups in total. The molecule has 21 heavy (non-hydrogen) atoms. The Morgan fingerprint density at radius 1 is 1.19 bits per heavy atom. The third kappa shape index (κ3) is 3.72. The number of amides is 2. The first-order valence-electron chi connectivity index (χ1n) is 6.75. The van der Waals surface area contributed by atoms with Crippen LogP contribution in [0, 0.1) is 11.3 Å². The zero-order valence-electron chi connectivity index (χ0n) is 11.9. The average molecular weight is 287 g/mol. The largest absolute Gasteiger partial charge is 0.492 e. The maximum Gasteiger partial charge on any atom is 0.312 e. The van der Waals surface area contributed by atoms with Gasteiger partial charge in [0.05, 0.1) is 19.0 Å². The monoisotopic (exact) mass is 287 g/mol. The number of nitrogens with zero attached hydrogens (tertiary/aromatic N) is 3. The quantitative estimate of drug-likeness (QED) is 0.736. The van der Waals surface area contributed by atoms with E-state index in [0.29, 0.717) is 38.4 Å². The third-order valence-electron chi connectivity index (χ3n) is 3.36. The summed E-state index contributed by atoms with van der Waals surface area (Å²) >= 11 is 0. The molecule has 1 aromatic carbocycles. The van der Waals surface area contributed by atoms with Gasteiger partial charge in [0.25, 0.3) is 0 Å². The van der Waals surface area contributed by atoms with Gasteiger partial charge in [-0.3, -0.25) is 9.59 Å². The molecule has 1 saturated heterocycles. The molecule has 6 nitrogen and oxygen atoms in total. The Labute approximate surface area is 123 Å². The van der Waals surface area contributed by atoms with E-state index in [1.165, 1.54) is 9.80 Å². The van der Waals surface area contributed by atoms with E-state index in [1.807, 2.05) is 12.1 Å². The minimum absolute atomic E-state index is 0.334. The summed E-state index contributed by atoms with van der Waals surface area (Å²) in [4.78, 5) is 26.2. The molecular weight excluding hydrogens is 270 g/mol. The topological polar surface area (TPSA) is 73.6 Å². The second-order valence-electron chi connectivity index (χ2n) is 4.85. The van der Waals surface area contributed by atoms with Crippen LogP contribution >= 0.6 is 0 Å². The lowest BCUT2D eigenvalue weighted by Gasteiger charge is -2.31. The van der Waals surface area contributed by atoms with Crippen LogP contribution in [0.25, 0.3) is 0 Å². The number of carbonyl (C=O) groups excluding carboxylic acids is 2. The van der Waals surface area contributed by atoms with Gasteiger partial charge < -0.3 is 14.5 Å². The molecule has 1 aliphatic heterocycles. The van der Waals surface area contributed by atoms with Crippen LogP contribution < -0.4 is 4.74 Å². The number of benzene rings is 1. The molecule has 0 unspecified atom stereocenters. The fourth-order valence-corrected chi connectivity index (χ4v) is 2.05. The fourth-order valence-electron chi connectivity index (χ4n) is 2.05. The molecule has 1 heterocycles. The van der Waals surface area contributed by atoms with Crippen molar-refractivity contribution in [1.29, 1.82) is 5.26 Å². The first kappa shape index (κ1) is 14.9. The summed E-state index contributed by atoms with van der Waals surface area (Å²) < 4.78 is 5.55. The molecule has 2 rings (SSSR count). The van der Waals surface area contributed by atoms with E-state index in [1.54, 1.807) is 19.2 Å². The number of carbonyl (C=O) groups is 2. The van der Waals surface area contributed by atoms with Crippen LogP contribution in [-0.4, -0.2) is 54.9 Å². The van der Waals surface area contributed by atoms with Crippen molar-refractivity contribution in [3.8, 4) is 11.8 Å². The fraction of sp³-hybridized carbons (Fsp3) is 0.400. The van der Waals surface area contributed by atoms with Crippen LogP contribution in [-0.2, 0) is 16.0 Å². The Balaban J connectivity index is 1.80. The smallest absolute Gasteiger partial charge is 0.312 e. The van der Waals surface area contributed by atoms with Crippen LogP contribution in [0.15, 0.2) is 24.3 Å². The Hall–Kier alpha value is -2.55. The van der Waals surface area contributed by atoms with Crippen LogP contribution in [0.2, 0.25) is 0 Å². The van der Waals surface area contributed by atoms with E-state index in [4.69, 9.17) is 10.00 Å². The van der Waals surface area contributed by atoms with Crippen LogP contribution in [0.1, 0.15) is 5.56 Å². The lowest BCUT2D eigenvalue weighted by molar-refractivity contribution is -0.155. The summed E-state index contributed by atoms with van der Waals surface area (Å²) in [7, 11) is 1.62. The first-order valence-corrected chi connectivity index (χ1v) is 6.75. The number of nitriles is 1. The van der Waals surface area contributed by atoms with Gasteiger partial charge in [-0.2, -0.15) is 5.26 Å². The van der Waals surface area contributed by atoms with Gasteiger partial charge in [0, 0.05) is 20.1 Å². The highest BCUT2D eigenvalue weighted by molar-refractivity contribution is 6.35. The van der Waals surface area contributed by atoms with Gasteiger partial charge in [0.2, 0.25) is 0 Å². The summed E-state index contributed by atoms with van der Waals surface area (Å²) in [5.74, 6) is -0.261. The predicted molar refractivity (Wildman–Crippen MR) is 75.5 cm³/mol. The second kappa shape index (κ2) is 6.75. The van der Waals surface area contributed by atoms with Crippen LogP contribution in [0.3, 0.4) is 0 Å². The normalized spacial score (nSPS) is 15.0. The van der Waals surface area contributed by atoms with E-state index in [0.717, 1.165) is 5.56 Å². The molecule has 1 aliphatic rings. The highest BCUT2D eigenvalue weighted by Crippen LogP contribution is 2.12. The molecule has 0 spiro atoms. The van der Waals surface area contributed by atoms with Crippen molar-refractivity contribution < 1.29 is 14.3 Å². The maximum atomic E-state index is 11.7. The number of likely N-dealkylation sites (N-methyl/N-ethyl adjacent to an activating group) is 1. The molecular formula is C15H17N3O3. The second-order valence-corrected chi connectivity index (χ2v) is 4.85. The van der Waals surface area contributed by atoms with Crippen molar-refractivity contribution >= 4 is 11.8 Å². The van der Waals surface area contributed by atoms with Crippen molar-refractivity contribution in [3.63, 3.8) is 0 Å². The van der Waals surface area contributed by atoms with Crippen LogP contribution in [0.5, 0.6) is 5.75 Å². The first-order chi connectivity index (χ1) is 10.1. The standard InChI is InChI=1S/C15H17N3O3/c1-17-8-9-18(15(20)14(17)19)10-11-21-13-4-2-12(3-5-13)6-7-16/h2-5H,6,8-11H2,1H3. The van der Waals surface area contributed by atoms with Crippen molar-refractivity contribution in [2.45, 2.75) is 6.42 Å². The van der Waals surface area contributed by atoms with Crippen molar-refractivity contribution in [2.75, 3.05) is 33.3 Å². The van der Waals surface area contributed by atoms with Gasteiger partial charge >= 0.3 is 11.8 Å².